The molecule has 0 aliphatic carbocycles. The predicted molar refractivity (Wildman–Crippen MR) is 47.8 cm³/mol. The molecule has 0 atom stereocenters. The highest BCUT2D eigenvalue weighted by molar-refractivity contribution is 9.11. The van der Waals surface area contributed by atoms with Crippen LogP contribution in [0, 0.1) is 0 Å². The van der Waals surface area contributed by atoms with Gasteiger partial charge >= 0.3 is 6.18 Å². The third-order valence-electron chi connectivity index (χ3n) is 1.42. The molecule has 0 radical (unpaired) electrons. The van der Waals surface area contributed by atoms with E-state index in [0.717, 1.165) is 6.07 Å². The molecule has 0 bridgehead atoms. The van der Waals surface area contributed by atoms with Crippen molar-refractivity contribution in [2.45, 2.75) is 12.6 Å². The van der Waals surface area contributed by atoms with Gasteiger partial charge in [0.05, 0.1) is 3.79 Å². The Kier molecular flexibility index (Phi) is 3.37. The van der Waals surface area contributed by atoms with Crippen LogP contribution in [0.25, 0.3) is 0 Å². The Labute approximate surface area is 85.3 Å². The molecule has 74 valence electrons. The minimum absolute atomic E-state index is 0.146. The number of thiophene rings is 1. The molecule has 1 aromatic rings. The average molecular weight is 275 g/mol. The fourth-order valence-corrected chi connectivity index (χ4v) is 2.48. The number of hydrogen-bond acceptors (Lipinski definition) is 2. The Morgan fingerprint density at radius 3 is 2.46 bits per heavy atom. The Bertz CT molecular complexity index is 294. The number of halogens is 4. The zero-order chi connectivity index (χ0) is 10.1. The minimum atomic E-state index is -4.29. The molecule has 1 aromatic heterocycles. The van der Waals surface area contributed by atoms with Crippen LogP contribution in [0.1, 0.15) is 10.4 Å². The summed E-state index contributed by atoms with van der Waals surface area (Å²) >= 11 is 3.66. The highest BCUT2D eigenvalue weighted by atomic mass is 79.9. The summed E-state index contributed by atoms with van der Waals surface area (Å²) in [6, 6.07) is 1.06. The topological polar surface area (TPSA) is 20.2 Å². The fourth-order valence-electron chi connectivity index (χ4n) is 0.837. The quantitative estimate of drug-likeness (QED) is 0.879. The standard InChI is InChI=1S/C7H6BrF3OS/c8-6-4(1-2-12)3-5(13-6)7(9,10)11/h3,12H,1-2H2. The zero-order valence-corrected chi connectivity index (χ0v) is 8.76. The van der Waals surface area contributed by atoms with E-state index in [2.05, 4.69) is 15.9 Å². The van der Waals surface area contributed by atoms with Gasteiger partial charge in [-0.3, -0.25) is 0 Å². The van der Waals surface area contributed by atoms with Gasteiger partial charge in [-0.15, -0.1) is 11.3 Å². The van der Waals surface area contributed by atoms with E-state index < -0.39 is 11.1 Å². The fraction of sp³-hybridized carbons (Fsp3) is 0.429. The van der Waals surface area contributed by atoms with E-state index in [4.69, 9.17) is 5.11 Å². The summed E-state index contributed by atoms with van der Waals surface area (Å²) in [5.41, 5.74) is 0.500. The van der Waals surface area contributed by atoms with Crippen molar-refractivity contribution >= 4 is 27.3 Å². The lowest BCUT2D eigenvalue weighted by Gasteiger charge is -2.00. The van der Waals surface area contributed by atoms with Crippen molar-refractivity contribution in [3.63, 3.8) is 0 Å². The second-order valence-electron chi connectivity index (χ2n) is 2.38. The Balaban J connectivity index is 2.95. The van der Waals surface area contributed by atoms with E-state index in [0.29, 0.717) is 20.7 Å². The summed E-state index contributed by atoms with van der Waals surface area (Å²) in [4.78, 5) is -0.636. The summed E-state index contributed by atoms with van der Waals surface area (Å²) in [6.07, 6.45) is -4.05. The zero-order valence-electron chi connectivity index (χ0n) is 6.36. The second kappa shape index (κ2) is 3.98. The number of rotatable bonds is 2. The Morgan fingerprint density at radius 2 is 2.08 bits per heavy atom. The third kappa shape index (κ3) is 2.69. The van der Waals surface area contributed by atoms with Crippen molar-refractivity contribution in [1.82, 2.24) is 0 Å². The molecule has 6 heteroatoms. The van der Waals surface area contributed by atoms with Crippen LogP contribution in [0.3, 0.4) is 0 Å². The van der Waals surface area contributed by atoms with Crippen molar-refractivity contribution in [2.24, 2.45) is 0 Å². The summed E-state index contributed by atoms with van der Waals surface area (Å²) in [7, 11) is 0. The third-order valence-corrected chi connectivity index (χ3v) is 3.42. The van der Waals surface area contributed by atoms with E-state index in [9.17, 15) is 13.2 Å². The Morgan fingerprint density at radius 1 is 1.46 bits per heavy atom. The van der Waals surface area contributed by atoms with Crippen molar-refractivity contribution in [2.75, 3.05) is 6.61 Å². The van der Waals surface area contributed by atoms with Crippen LogP contribution in [0.15, 0.2) is 9.85 Å². The normalized spacial score (nSPS) is 12.1. The maximum Gasteiger partial charge on any atom is 0.425 e. The molecule has 0 amide bonds. The van der Waals surface area contributed by atoms with Gasteiger partial charge in [-0.05, 0) is 34.0 Å². The molecule has 1 heterocycles. The first kappa shape index (κ1) is 11.0. The first-order valence-electron chi connectivity index (χ1n) is 3.41. The molecule has 1 nitrogen and oxygen atoms in total. The summed E-state index contributed by atoms with van der Waals surface area (Å²) in [5, 5.41) is 8.56. The SMILES string of the molecule is OCCc1cc(C(F)(F)F)sc1Br. The summed E-state index contributed by atoms with van der Waals surface area (Å²) in [6.45, 7) is -0.146. The largest absolute Gasteiger partial charge is 0.425 e. The molecule has 0 spiro atoms. The smallest absolute Gasteiger partial charge is 0.396 e. The number of alkyl halides is 3. The van der Waals surface area contributed by atoms with Crippen LogP contribution in [0.5, 0.6) is 0 Å². The number of hydrogen-bond donors (Lipinski definition) is 1. The average Bonchev–Trinajstić information content (AvgIpc) is 2.32. The highest BCUT2D eigenvalue weighted by Gasteiger charge is 2.33. The van der Waals surface area contributed by atoms with Gasteiger partial charge in [-0.2, -0.15) is 13.2 Å². The highest BCUT2D eigenvalue weighted by Crippen LogP contribution is 2.39. The molecule has 0 fully saturated rings. The van der Waals surface area contributed by atoms with Crippen LogP contribution in [-0.2, 0) is 12.6 Å². The van der Waals surface area contributed by atoms with E-state index in [1.54, 1.807) is 0 Å². The monoisotopic (exact) mass is 274 g/mol. The van der Waals surface area contributed by atoms with Crippen LogP contribution < -0.4 is 0 Å². The van der Waals surface area contributed by atoms with Crippen LogP contribution >= 0.6 is 27.3 Å². The molecule has 0 aliphatic heterocycles. The van der Waals surface area contributed by atoms with Gasteiger partial charge in [-0.1, -0.05) is 0 Å². The molecule has 0 aliphatic rings. The predicted octanol–water partition coefficient (Wildman–Crippen LogP) is 3.06. The maximum absolute atomic E-state index is 12.1. The second-order valence-corrected chi connectivity index (χ2v) is 4.75. The van der Waals surface area contributed by atoms with Gasteiger partial charge in [0.15, 0.2) is 0 Å². The first-order valence-corrected chi connectivity index (χ1v) is 5.02. The van der Waals surface area contributed by atoms with Crippen LogP contribution in [0.2, 0.25) is 0 Å². The molecular weight excluding hydrogens is 269 g/mol. The molecule has 13 heavy (non-hydrogen) atoms. The minimum Gasteiger partial charge on any atom is -0.396 e. The summed E-state index contributed by atoms with van der Waals surface area (Å²) < 4.78 is 36.9. The molecule has 0 aromatic carbocycles. The van der Waals surface area contributed by atoms with Gasteiger partial charge in [0.25, 0.3) is 0 Å². The van der Waals surface area contributed by atoms with Gasteiger partial charge in [0.2, 0.25) is 0 Å². The van der Waals surface area contributed by atoms with E-state index in [1.807, 2.05) is 0 Å². The molecule has 0 unspecified atom stereocenters. The van der Waals surface area contributed by atoms with Crippen molar-refractivity contribution in [3.05, 3.63) is 20.3 Å². The Hall–Kier alpha value is -0.0700. The van der Waals surface area contributed by atoms with Gasteiger partial charge < -0.3 is 5.11 Å². The number of aliphatic hydroxyl groups is 1. The first-order chi connectivity index (χ1) is 5.95. The summed E-state index contributed by atoms with van der Waals surface area (Å²) in [5.74, 6) is 0. The number of aliphatic hydroxyl groups excluding tert-OH is 1. The lowest BCUT2D eigenvalue weighted by atomic mass is 10.2. The molecule has 0 saturated heterocycles. The van der Waals surface area contributed by atoms with Gasteiger partial charge in [0, 0.05) is 6.61 Å². The molecule has 1 N–H and O–H groups in total. The molecular formula is C7H6BrF3OS. The van der Waals surface area contributed by atoms with E-state index in [1.165, 1.54) is 0 Å². The van der Waals surface area contributed by atoms with Crippen molar-refractivity contribution in [1.29, 1.82) is 0 Å². The van der Waals surface area contributed by atoms with Gasteiger partial charge in [0.1, 0.15) is 4.88 Å². The lowest BCUT2D eigenvalue weighted by molar-refractivity contribution is -0.134. The van der Waals surface area contributed by atoms with Crippen LogP contribution in [0.4, 0.5) is 13.2 Å². The maximum atomic E-state index is 12.1. The van der Waals surface area contributed by atoms with Gasteiger partial charge in [-0.25, -0.2) is 0 Å². The lowest BCUT2D eigenvalue weighted by Crippen LogP contribution is -2.01. The molecule has 1 rings (SSSR count). The van der Waals surface area contributed by atoms with Crippen molar-refractivity contribution in [3.8, 4) is 0 Å². The van der Waals surface area contributed by atoms with Crippen molar-refractivity contribution < 1.29 is 18.3 Å². The van der Waals surface area contributed by atoms with E-state index >= 15 is 0 Å². The van der Waals surface area contributed by atoms with Crippen LogP contribution in [-0.4, -0.2) is 11.7 Å². The molecule has 0 saturated carbocycles. The van der Waals surface area contributed by atoms with E-state index in [-0.39, 0.29) is 13.0 Å².